The SMILES string of the molecule is CCCCCCCCC[P](C)[La]. The summed E-state index contributed by atoms with van der Waals surface area (Å²) in [6, 6.07) is 0. The van der Waals surface area contributed by atoms with E-state index < -0.39 is 0 Å². The molecule has 0 saturated heterocycles. The molecule has 0 aromatic heterocycles. The Morgan fingerprint density at radius 3 is 1.92 bits per heavy atom. The summed E-state index contributed by atoms with van der Waals surface area (Å²) >= 11 is 1.27. The van der Waals surface area contributed by atoms with E-state index in [0.717, 1.165) is 0 Å². The molecule has 0 radical (unpaired) electrons. The molecule has 0 aliphatic carbocycles. The van der Waals surface area contributed by atoms with Crippen molar-refractivity contribution in [3.63, 3.8) is 0 Å². The van der Waals surface area contributed by atoms with Crippen molar-refractivity contribution in [3.8, 4) is 0 Å². The van der Waals surface area contributed by atoms with E-state index in [1.54, 1.807) is 6.16 Å². The van der Waals surface area contributed by atoms with Crippen LogP contribution in [-0.2, 0) is 0 Å². The van der Waals surface area contributed by atoms with E-state index >= 15 is 0 Å². The molecule has 0 aromatic rings. The van der Waals surface area contributed by atoms with Crippen molar-refractivity contribution in [3.05, 3.63) is 0 Å². The summed E-state index contributed by atoms with van der Waals surface area (Å²) in [6.07, 6.45) is 11.9. The standard InChI is InChI=1S/C10H22P.La/c1-3-4-5-6-7-8-9-10-11-2;/h3-10H2,1-2H3;/q-1;+1. The zero-order valence-corrected chi connectivity index (χ0v) is 13.2. The predicted molar refractivity (Wildman–Crippen MR) is 55.7 cm³/mol. The maximum atomic E-state index is 2.46. The molecule has 0 bridgehead atoms. The van der Waals surface area contributed by atoms with Gasteiger partial charge in [-0.15, -0.1) is 0 Å². The van der Waals surface area contributed by atoms with Crippen molar-refractivity contribution in [2.24, 2.45) is 0 Å². The molecule has 0 aromatic carbocycles. The Kier molecular flexibility index (Phi) is 12.2. The van der Waals surface area contributed by atoms with Crippen LogP contribution in [0, 0.1) is 33.0 Å². The quantitative estimate of drug-likeness (QED) is 0.463. The van der Waals surface area contributed by atoms with Gasteiger partial charge in [0.25, 0.3) is 0 Å². The van der Waals surface area contributed by atoms with Crippen molar-refractivity contribution in [1.82, 2.24) is 0 Å². The minimum atomic E-state index is 0.539. The van der Waals surface area contributed by atoms with Crippen LogP contribution in [0.5, 0.6) is 0 Å². The molecule has 0 rings (SSSR count). The van der Waals surface area contributed by atoms with Gasteiger partial charge in [0.2, 0.25) is 0 Å². The summed E-state index contributed by atoms with van der Waals surface area (Å²) in [4.78, 5) is 0. The molecule has 0 fully saturated rings. The summed E-state index contributed by atoms with van der Waals surface area (Å²) in [5, 5.41) is 0. The summed E-state index contributed by atoms with van der Waals surface area (Å²) in [5.74, 6) is 0. The van der Waals surface area contributed by atoms with Crippen molar-refractivity contribution in [2.45, 2.75) is 51.9 Å². The number of unbranched alkanes of at least 4 members (excludes halogenated alkanes) is 6. The molecule has 0 aliphatic rings. The molecule has 0 heterocycles. The molecular formula is C10H22LaP. The Balaban J connectivity index is 2.82. The van der Waals surface area contributed by atoms with Crippen LogP contribution < -0.4 is 0 Å². The molecule has 1 unspecified atom stereocenters. The second-order valence-corrected chi connectivity index (χ2v) is 13.9. The van der Waals surface area contributed by atoms with Crippen LogP contribution in [0.3, 0.4) is 0 Å². The van der Waals surface area contributed by atoms with Crippen LogP contribution in [0.2, 0.25) is 0 Å². The summed E-state index contributed by atoms with van der Waals surface area (Å²) in [5.41, 5.74) is 0. The average Bonchev–Trinajstić information content (AvgIpc) is 2.02. The average molecular weight is 312 g/mol. The van der Waals surface area contributed by atoms with E-state index in [0.29, 0.717) is 3.69 Å². The van der Waals surface area contributed by atoms with Crippen LogP contribution in [0.15, 0.2) is 0 Å². The van der Waals surface area contributed by atoms with Crippen molar-refractivity contribution in [1.29, 1.82) is 0 Å². The first kappa shape index (κ1) is 13.6. The summed E-state index contributed by atoms with van der Waals surface area (Å²) in [6.45, 7) is 4.74. The minimum absolute atomic E-state index is 0.539. The van der Waals surface area contributed by atoms with Gasteiger partial charge in [-0.2, -0.15) is 0 Å². The van der Waals surface area contributed by atoms with E-state index in [1.165, 1.54) is 78.0 Å². The van der Waals surface area contributed by atoms with Crippen LogP contribution in [0.25, 0.3) is 0 Å². The summed E-state index contributed by atoms with van der Waals surface area (Å²) < 4.78 is 0.539. The van der Waals surface area contributed by atoms with Crippen LogP contribution in [0.4, 0.5) is 0 Å². The number of rotatable bonds is 8. The fraction of sp³-hybridized carbons (Fsp3) is 1.00. The molecule has 0 spiro atoms. The molecule has 0 N–H and O–H groups in total. The van der Waals surface area contributed by atoms with Crippen LogP contribution in [-0.4, -0.2) is 12.8 Å². The van der Waals surface area contributed by atoms with E-state index in [-0.39, 0.29) is 0 Å². The monoisotopic (exact) mass is 312 g/mol. The zero-order chi connectivity index (χ0) is 9.23. The Morgan fingerprint density at radius 1 is 0.917 bits per heavy atom. The molecule has 0 aliphatic heterocycles. The number of hydrogen-bond donors (Lipinski definition) is 0. The Hall–Kier alpha value is 1.62. The van der Waals surface area contributed by atoms with Gasteiger partial charge >= 0.3 is 101 Å². The van der Waals surface area contributed by atoms with Gasteiger partial charge in [-0.1, -0.05) is 0 Å². The zero-order valence-electron chi connectivity index (χ0n) is 8.68. The molecule has 70 valence electrons. The van der Waals surface area contributed by atoms with Gasteiger partial charge in [0.05, 0.1) is 0 Å². The fourth-order valence-electron chi connectivity index (χ4n) is 1.32. The molecular weight excluding hydrogens is 290 g/mol. The first-order chi connectivity index (χ1) is 5.77. The van der Waals surface area contributed by atoms with E-state index in [4.69, 9.17) is 0 Å². The first-order valence-electron chi connectivity index (χ1n) is 5.23. The third-order valence-electron chi connectivity index (χ3n) is 2.11. The van der Waals surface area contributed by atoms with Gasteiger partial charge in [-0.25, -0.2) is 0 Å². The molecule has 0 amide bonds. The first-order valence-corrected chi connectivity index (χ1v) is 12.1. The third-order valence-corrected chi connectivity index (χ3v) is 5.57. The Bertz CT molecular complexity index is 83.9. The summed E-state index contributed by atoms with van der Waals surface area (Å²) in [7, 11) is 0. The van der Waals surface area contributed by atoms with Gasteiger partial charge in [0, 0.05) is 0 Å². The van der Waals surface area contributed by atoms with Crippen LogP contribution >= 0.6 is 3.69 Å². The number of hydrogen-bond acceptors (Lipinski definition) is 0. The molecule has 12 heavy (non-hydrogen) atoms. The van der Waals surface area contributed by atoms with Crippen molar-refractivity contribution in [2.75, 3.05) is 12.8 Å². The normalized spacial score (nSPS) is 13.1. The molecule has 2 heteroatoms. The Morgan fingerprint density at radius 2 is 1.42 bits per heavy atom. The van der Waals surface area contributed by atoms with Crippen LogP contribution in [0.1, 0.15) is 51.9 Å². The Labute approximate surface area is 101 Å². The fourth-order valence-corrected chi connectivity index (χ4v) is 3.76. The van der Waals surface area contributed by atoms with Gasteiger partial charge in [0.1, 0.15) is 0 Å². The topological polar surface area (TPSA) is 0 Å². The maximum absolute atomic E-state index is 2.46. The van der Waals surface area contributed by atoms with Gasteiger partial charge < -0.3 is 0 Å². The van der Waals surface area contributed by atoms with Crippen molar-refractivity contribution >= 4 is 3.69 Å². The second-order valence-electron chi connectivity index (χ2n) is 3.60. The second kappa shape index (κ2) is 10.7. The van der Waals surface area contributed by atoms with E-state index in [2.05, 4.69) is 13.6 Å². The van der Waals surface area contributed by atoms with Gasteiger partial charge in [-0.05, 0) is 0 Å². The molecule has 0 saturated carbocycles. The van der Waals surface area contributed by atoms with Gasteiger partial charge in [0.15, 0.2) is 0 Å². The molecule has 0 nitrogen and oxygen atoms in total. The van der Waals surface area contributed by atoms with E-state index in [9.17, 15) is 0 Å². The third kappa shape index (κ3) is 11.6. The van der Waals surface area contributed by atoms with Crippen molar-refractivity contribution < 1.29 is 33.0 Å². The predicted octanol–water partition coefficient (Wildman–Crippen LogP) is 4.31. The van der Waals surface area contributed by atoms with Gasteiger partial charge in [-0.3, -0.25) is 0 Å². The van der Waals surface area contributed by atoms with E-state index in [1.807, 2.05) is 0 Å². The molecule has 1 atom stereocenters.